The summed E-state index contributed by atoms with van der Waals surface area (Å²) < 4.78 is 69.8. The van der Waals surface area contributed by atoms with E-state index in [0.29, 0.717) is 0 Å². The summed E-state index contributed by atoms with van der Waals surface area (Å²) in [6.45, 7) is 0.374. The van der Waals surface area contributed by atoms with Crippen LogP contribution in [0, 0.1) is 5.92 Å². The third-order valence-electron chi connectivity index (χ3n) is 3.92. The van der Waals surface area contributed by atoms with Crippen LogP contribution < -0.4 is 10.2 Å². The van der Waals surface area contributed by atoms with Crippen LogP contribution in [0.15, 0.2) is 6.07 Å². The first-order valence-corrected chi connectivity index (χ1v) is 9.39. The molecule has 1 aromatic rings. The minimum atomic E-state index is -4.62. The Morgan fingerprint density at radius 1 is 1.23 bits per heavy atom. The van der Waals surface area contributed by atoms with Crippen molar-refractivity contribution in [3.63, 3.8) is 0 Å². The molecule has 1 fully saturated rings. The van der Waals surface area contributed by atoms with Crippen LogP contribution in [0.1, 0.15) is 5.69 Å². The van der Waals surface area contributed by atoms with Crippen LogP contribution in [-0.2, 0) is 20.9 Å². The van der Waals surface area contributed by atoms with Gasteiger partial charge in [0.25, 0.3) is 0 Å². The van der Waals surface area contributed by atoms with Gasteiger partial charge in [-0.2, -0.15) is 18.2 Å². The Balaban J connectivity index is 2.25. The molecule has 12 heteroatoms. The quantitative estimate of drug-likeness (QED) is 0.762. The molecule has 0 saturated carbocycles. The maximum Gasteiger partial charge on any atom is 0.433 e. The van der Waals surface area contributed by atoms with Gasteiger partial charge in [0.15, 0.2) is 5.69 Å². The molecule has 2 rings (SSSR count). The van der Waals surface area contributed by atoms with Gasteiger partial charge in [0.1, 0.15) is 5.82 Å². The maximum atomic E-state index is 13.1. The van der Waals surface area contributed by atoms with E-state index < -0.39 is 33.9 Å². The Hall–Kier alpha value is -1.66. The number of rotatable bonds is 6. The summed E-state index contributed by atoms with van der Waals surface area (Å²) in [5.74, 6) is -0.706. The van der Waals surface area contributed by atoms with Gasteiger partial charge in [-0.05, 0) is 0 Å². The van der Waals surface area contributed by atoms with Crippen LogP contribution >= 0.6 is 0 Å². The Labute approximate surface area is 150 Å². The van der Waals surface area contributed by atoms with Gasteiger partial charge in [-0.15, -0.1) is 0 Å². The zero-order valence-corrected chi connectivity index (χ0v) is 15.7. The second-order valence-corrected chi connectivity index (χ2v) is 8.67. The Morgan fingerprint density at radius 3 is 2.42 bits per heavy atom. The number of halogens is 3. The molecule has 0 unspecified atom stereocenters. The van der Waals surface area contributed by atoms with Crippen LogP contribution in [0.5, 0.6) is 0 Å². The molecule has 2 heterocycles. The summed E-state index contributed by atoms with van der Waals surface area (Å²) in [5, 5.41) is 2.87. The smallest absolute Gasteiger partial charge is 0.379 e. The zero-order valence-electron chi connectivity index (χ0n) is 14.9. The Kier molecular flexibility index (Phi) is 5.98. The fourth-order valence-electron chi connectivity index (χ4n) is 2.39. The molecule has 26 heavy (non-hydrogen) atoms. The molecular weight excluding hydrogens is 375 g/mol. The highest BCUT2D eigenvalue weighted by atomic mass is 32.2. The number of nitrogens with zero attached hydrogens (tertiary/aromatic N) is 4. The number of aromatic nitrogens is 2. The summed E-state index contributed by atoms with van der Waals surface area (Å²) in [7, 11) is 2.45. The number of hydrogen-bond donors (Lipinski definition) is 1. The minimum Gasteiger partial charge on any atom is -0.379 e. The van der Waals surface area contributed by atoms with E-state index in [1.54, 1.807) is 0 Å². The van der Waals surface area contributed by atoms with Gasteiger partial charge in [0.2, 0.25) is 16.0 Å². The van der Waals surface area contributed by atoms with Gasteiger partial charge in [-0.1, -0.05) is 0 Å². The Morgan fingerprint density at radius 2 is 1.88 bits per heavy atom. The summed E-state index contributed by atoms with van der Waals surface area (Å²) in [4.78, 5) is 8.92. The van der Waals surface area contributed by atoms with E-state index >= 15 is 0 Å². The van der Waals surface area contributed by atoms with Crippen molar-refractivity contribution in [3.05, 3.63) is 11.8 Å². The highest BCUT2D eigenvalue weighted by molar-refractivity contribution is 7.89. The third-order valence-corrected chi connectivity index (χ3v) is 5.88. The average Bonchev–Trinajstić information content (AvgIpc) is 2.92. The third kappa shape index (κ3) is 4.95. The predicted octanol–water partition coefficient (Wildman–Crippen LogP) is 0.880. The molecule has 0 aliphatic carbocycles. The molecule has 2 atom stereocenters. The molecule has 0 aromatic carbocycles. The standard InChI is InChI=1S/C14H22F3N5O3S/c1-21(2)13-19-11(14(15,16)17)5-12(20-13)18-10-7-25-6-9(10)8-26(23,24)22(3)4/h5,9-10H,6-8H2,1-4H3,(H,18,19,20)/t9-,10+/m0/s1. The van der Waals surface area contributed by atoms with E-state index in [9.17, 15) is 21.6 Å². The lowest BCUT2D eigenvalue weighted by molar-refractivity contribution is -0.141. The van der Waals surface area contributed by atoms with Crippen LogP contribution in [0.25, 0.3) is 0 Å². The zero-order chi connectivity index (χ0) is 19.7. The second kappa shape index (κ2) is 7.53. The van der Waals surface area contributed by atoms with E-state index in [1.165, 1.54) is 33.1 Å². The topological polar surface area (TPSA) is 87.7 Å². The largest absolute Gasteiger partial charge is 0.433 e. The number of ether oxygens (including phenoxy) is 1. The number of hydrogen-bond acceptors (Lipinski definition) is 7. The van der Waals surface area contributed by atoms with E-state index in [0.717, 1.165) is 10.4 Å². The normalized spacial score (nSPS) is 21.2. The first-order valence-electron chi connectivity index (χ1n) is 7.78. The van der Waals surface area contributed by atoms with Gasteiger partial charge >= 0.3 is 6.18 Å². The molecular formula is C14H22F3N5O3S. The summed E-state index contributed by atoms with van der Waals surface area (Å²) in [6, 6.07) is 0.332. The van der Waals surface area contributed by atoms with Crippen LogP contribution in [0.3, 0.4) is 0 Å². The highest BCUT2D eigenvalue weighted by Crippen LogP contribution is 2.31. The Bertz CT molecular complexity index is 740. The van der Waals surface area contributed by atoms with Gasteiger partial charge in [0, 0.05) is 40.2 Å². The maximum absolute atomic E-state index is 13.1. The van der Waals surface area contributed by atoms with Crippen molar-refractivity contribution in [2.24, 2.45) is 5.92 Å². The SMILES string of the molecule is CN(C)c1nc(N[C@@H]2COC[C@H]2CS(=O)(=O)N(C)C)cc(C(F)(F)F)n1. The number of sulfonamides is 1. The van der Waals surface area contributed by atoms with Crippen LogP contribution in [0.2, 0.25) is 0 Å². The summed E-state index contributed by atoms with van der Waals surface area (Å²) in [5.41, 5.74) is -1.07. The molecule has 148 valence electrons. The van der Waals surface area contributed by atoms with Crippen LogP contribution in [-0.4, -0.2) is 75.9 Å². The van der Waals surface area contributed by atoms with Crippen molar-refractivity contribution in [3.8, 4) is 0 Å². The van der Waals surface area contributed by atoms with Crippen molar-refractivity contribution < 1.29 is 26.3 Å². The van der Waals surface area contributed by atoms with Gasteiger partial charge < -0.3 is 15.0 Å². The first kappa shape index (κ1) is 20.6. The molecule has 0 radical (unpaired) electrons. The lowest BCUT2D eigenvalue weighted by atomic mass is 10.1. The predicted molar refractivity (Wildman–Crippen MR) is 90.6 cm³/mol. The van der Waals surface area contributed by atoms with E-state index in [2.05, 4.69) is 15.3 Å². The van der Waals surface area contributed by atoms with Crippen molar-refractivity contribution in [1.82, 2.24) is 14.3 Å². The molecule has 0 bridgehead atoms. The monoisotopic (exact) mass is 397 g/mol. The molecule has 1 aliphatic rings. The van der Waals surface area contributed by atoms with Crippen LogP contribution in [0.4, 0.5) is 24.9 Å². The first-order chi connectivity index (χ1) is 11.9. The molecule has 8 nitrogen and oxygen atoms in total. The van der Waals surface area contributed by atoms with Gasteiger partial charge in [0.05, 0.1) is 25.0 Å². The summed E-state index contributed by atoms with van der Waals surface area (Å²) in [6.07, 6.45) is -4.62. The average molecular weight is 397 g/mol. The van der Waals surface area contributed by atoms with E-state index in [1.807, 2.05) is 0 Å². The van der Waals surface area contributed by atoms with Gasteiger partial charge in [-0.3, -0.25) is 0 Å². The van der Waals surface area contributed by atoms with Crippen molar-refractivity contribution in [1.29, 1.82) is 0 Å². The number of nitrogens with one attached hydrogen (secondary N) is 1. The molecule has 0 amide bonds. The van der Waals surface area contributed by atoms with E-state index in [4.69, 9.17) is 4.74 Å². The lowest BCUT2D eigenvalue weighted by Gasteiger charge is -2.22. The molecule has 1 N–H and O–H groups in total. The fraction of sp³-hybridized carbons (Fsp3) is 0.714. The number of alkyl halides is 3. The highest BCUT2D eigenvalue weighted by Gasteiger charge is 2.36. The second-order valence-electron chi connectivity index (χ2n) is 6.44. The minimum absolute atomic E-state index is 0.0289. The van der Waals surface area contributed by atoms with Crippen molar-refractivity contribution in [2.75, 3.05) is 57.4 Å². The lowest BCUT2D eigenvalue weighted by Crippen LogP contribution is -2.37. The fourth-order valence-corrected chi connectivity index (χ4v) is 3.55. The molecule has 1 saturated heterocycles. The van der Waals surface area contributed by atoms with Crippen molar-refractivity contribution in [2.45, 2.75) is 12.2 Å². The molecule has 1 aromatic heterocycles. The molecule has 1 aliphatic heterocycles. The number of anilines is 2. The molecule has 0 spiro atoms. The van der Waals surface area contributed by atoms with Gasteiger partial charge in [-0.25, -0.2) is 17.7 Å². The summed E-state index contributed by atoms with van der Waals surface area (Å²) >= 11 is 0. The van der Waals surface area contributed by atoms with E-state index in [-0.39, 0.29) is 30.7 Å². The van der Waals surface area contributed by atoms with Crippen molar-refractivity contribution >= 4 is 21.8 Å².